The van der Waals surface area contributed by atoms with Gasteiger partial charge in [0.2, 0.25) is 5.69 Å². The summed E-state index contributed by atoms with van der Waals surface area (Å²) in [6.07, 6.45) is 6.84. The largest absolute Gasteiger partial charge is 0.508 e. The van der Waals surface area contributed by atoms with Gasteiger partial charge in [-0.2, -0.15) is 0 Å². The number of benzene rings is 1. The van der Waals surface area contributed by atoms with Crippen LogP contribution in [0.4, 0.5) is 5.69 Å². The maximum Gasteiger partial charge on any atom is 0.237 e. The van der Waals surface area contributed by atoms with Crippen LogP contribution in [0.3, 0.4) is 0 Å². The van der Waals surface area contributed by atoms with Crippen molar-refractivity contribution in [1.82, 2.24) is 0 Å². The van der Waals surface area contributed by atoms with Gasteiger partial charge in [0.05, 0.1) is 18.1 Å². The summed E-state index contributed by atoms with van der Waals surface area (Å²) < 4.78 is 14.3. The molecule has 8 nitrogen and oxygen atoms in total. The van der Waals surface area contributed by atoms with Crippen molar-refractivity contribution in [3.63, 3.8) is 0 Å². The van der Waals surface area contributed by atoms with Gasteiger partial charge in [0.1, 0.15) is 18.1 Å². The second-order valence-electron chi connectivity index (χ2n) is 12.8. The predicted molar refractivity (Wildman–Crippen MR) is 139 cm³/mol. The van der Waals surface area contributed by atoms with E-state index in [-0.39, 0.29) is 40.6 Å². The average Bonchev–Trinajstić information content (AvgIpc) is 3.50. The predicted octanol–water partition coefficient (Wildman–Crippen LogP) is 3.31. The molecule has 1 aromatic carbocycles. The molecule has 4 aliphatic carbocycles. The lowest BCUT2D eigenvalue weighted by Gasteiger charge is -2.60. The Morgan fingerprint density at radius 1 is 1.21 bits per heavy atom. The Balaban J connectivity index is 1.23. The van der Waals surface area contributed by atoms with Crippen LogP contribution in [0.5, 0.6) is 5.75 Å². The lowest BCUT2D eigenvalue weighted by molar-refractivity contribution is -0.437. The monoisotopic (exact) mass is 521 g/mol. The number of aliphatic hydroxyl groups is 2. The topological polar surface area (TPSA) is 112 Å². The first-order valence-corrected chi connectivity index (χ1v) is 14.0. The van der Waals surface area contributed by atoms with Crippen LogP contribution in [0.15, 0.2) is 41.0 Å². The van der Waals surface area contributed by atoms with Crippen molar-refractivity contribution >= 4 is 23.4 Å². The Morgan fingerprint density at radius 3 is 2.71 bits per heavy atom. The molecule has 2 unspecified atom stereocenters. The molecule has 0 amide bonds. The number of Topliss-reactive ketones (excluding diaryl/α,β-unsaturated/α-hetero) is 1. The number of hydrogen-bond donors (Lipinski definition) is 3. The van der Waals surface area contributed by atoms with Gasteiger partial charge in [-0.05, 0) is 80.4 Å². The molecule has 4 fully saturated rings. The second-order valence-corrected chi connectivity index (χ2v) is 12.8. The summed E-state index contributed by atoms with van der Waals surface area (Å²) in [5, 5.41) is 36.4. The fourth-order valence-corrected chi connectivity index (χ4v) is 9.67. The molecule has 6 aliphatic rings. The fourth-order valence-electron chi connectivity index (χ4n) is 9.67. The molecule has 7 rings (SSSR count). The van der Waals surface area contributed by atoms with Crippen molar-refractivity contribution in [2.75, 3.05) is 6.61 Å². The molecule has 3 N–H and O–H groups in total. The van der Waals surface area contributed by atoms with Crippen LogP contribution in [0.25, 0.3) is 0 Å². The minimum absolute atomic E-state index is 0.0655. The molecule has 0 aromatic heterocycles. The third-order valence-electron chi connectivity index (χ3n) is 11.1. The van der Waals surface area contributed by atoms with Gasteiger partial charge in [-0.3, -0.25) is 4.79 Å². The van der Waals surface area contributed by atoms with E-state index < -0.39 is 36.1 Å². The fraction of sp³-hybridized carbons (Fsp3) is 0.633. The summed E-state index contributed by atoms with van der Waals surface area (Å²) >= 11 is 0. The first-order chi connectivity index (χ1) is 18.1. The molecule has 1 aromatic rings. The zero-order valence-electron chi connectivity index (χ0n) is 22.2. The number of aliphatic hydroxyl groups excluding tert-OH is 2. The van der Waals surface area contributed by atoms with Crippen molar-refractivity contribution in [3.05, 3.63) is 35.9 Å². The van der Waals surface area contributed by atoms with Crippen LogP contribution in [-0.4, -0.2) is 68.4 Å². The van der Waals surface area contributed by atoms with E-state index in [4.69, 9.17) is 14.6 Å². The van der Waals surface area contributed by atoms with Crippen molar-refractivity contribution in [3.8, 4) is 5.75 Å². The first kappa shape index (κ1) is 24.6. The number of phenols is 1. The van der Waals surface area contributed by atoms with E-state index >= 15 is 0 Å². The average molecular weight is 522 g/mol. The molecule has 10 atom stereocenters. The first-order valence-electron chi connectivity index (χ1n) is 14.0. The summed E-state index contributed by atoms with van der Waals surface area (Å²) in [5.74, 6) is 0.518. The minimum atomic E-state index is -1.20. The van der Waals surface area contributed by atoms with Gasteiger partial charge in [0, 0.05) is 22.6 Å². The lowest BCUT2D eigenvalue weighted by Crippen LogP contribution is -2.64. The second kappa shape index (κ2) is 8.07. The summed E-state index contributed by atoms with van der Waals surface area (Å²) in [6, 6.07) is 7.07. The standard InChI is InChI=1S/C30H36N2O6/c1-16-37-26-11-22-21-9-4-18-10-23-17(14-32(31-23)19-5-7-20(34)8-6-19)12-28(18,2)27(21)24(35)13-29(22,3)30(26,38-16)25(36)15-33/h5-8,10,14,16-17,21-22,24,26-27,33,35H,4,9,11-13,15H2,1-3H3/p+1/t16?,17?,21-,22-,24-,26+,27+,28-,29-,30+/m0/s1. The number of nitrogens with zero attached hydrogens (tertiary/aromatic N) is 2. The van der Waals surface area contributed by atoms with Crippen LogP contribution in [0, 0.1) is 34.5 Å². The number of ketones is 1. The number of hydrogen-bond acceptors (Lipinski definition) is 7. The molecule has 0 radical (unpaired) electrons. The third kappa shape index (κ3) is 3.03. The Bertz CT molecular complexity index is 1290. The van der Waals surface area contributed by atoms with Crippen molar-refractivity contribution in [1.29, 1.82) is 0 Å². The molecule has 3 saturated carbocycles. The zero-order valence-corrected chi connectivity index (χ0v) is 22.2. The third-order valence-corrected chi connectivity index (χ3v) is 11.1. The van der Waals surface area contributed by atoms with Crippen LogP contribution in [-0.2, 0) is 14.3 Å². The number of fused-ring (bicyclic) bond motifs is 8. The Labute approximate surface area is 222 Å². The highest BCUT2D eigenvalue weighted by Gasteiger charge is 2.75. The SMILES string of the molecule is CC1O[C@@H]2C[C@H]3[C@@H]4CCC5=CC6=N[N+](c7ccc(O)cc7)=CC6C[C@]5(C)[C@H]4[C@@H](O)C[C@]3(C)[C@]2(C(=O)CO)O1. The van der Waals surface area contributed by atoms with Gasteiger partial charge in [-0.25, -0.2) is 0 Å². The highest BCUT2D eigenvalue weighted by Crippen LogP contribution is 2.70. The van der Waals surface area contributed by atoms with Crippen molar-refractivity contribution in [2.45, 2.75) is 77.0 Å². The lowest BCUT2D eigenvalue weighted by atomic mass is 9.44. The molecular formula is C30H37N2O6+. The number of allylic oxidation sites excluding steroid dienone is 2. The molecule has 8 heteroatoms. The normalized spacial score (nSPS) is 46.7. The summed E-state index contributed by atoms with van der Waals surface area (Å²) in [4.78, 5) is 13.3. The molecule has 38 heavy (non-hydrogen) atoms. The number of aromatic hydroxyl groups is 1. The number of ether oxygens (including phenoxy) is 2. The number of carbonyl (C=O) groups is 1. The summed E-state index contributed by atoms with van der Waals surface area (Å²) in [6.45, 7) is 5.63. The highest BCUT2D eigenvalue weighted by atomic mass is 16.7. The van der Waals surface area contributed by atoms with Gasteiger partial charge in [0.15, 0.2) is 23.9 Å². The van der Waals surface area contributed by atoms with Gasteiger partial charge >= 0.3 is 0 Å². The molecule has 2 heterocycles. The van der Waals surface area contributed by atoms with Crippen LogP contribution >= 0.6 is 0 Å². The van der Waals surface area contributed by atoms with Gasteiger partial charge < -0.3 is 24.8 Å². The smallest absolute Gasteiger partial charge is 0.237 e. The number of hydrazone groups is 1. The van der Waals surface area contributed by atoms with E-state index in [1.807, 2.05) is 23.7 Å². The quantitative estimate of drug-likeness (QED) is 0.527. The van der Waals surface area contributed by atoms with Crippen LogP contribution in [0.1, 0.15) is 52.9 Å². The van der Waals surface area contributed by atoms with Gasteiger partial charge in [-0.15, -0.1) is 0 Å². The van der Waals surface area contributed by atoms with Crippen molar-refractivity contribution in [2.24, 2.45) is 39.6 Å². The van der Waals surface area contributed by atoms with Gasteiger partial charge in [-0.1, -0.05) is 24.1 Å². The van der Waals surface area contributed by atoms with E-state index in [2.05, 4.69) is 26.1 Å². The maximum absolute atomic E-state index is 13.3. The van der Waals surface area contributed by atoms with Crippen LogP contribution in [0.2, 0.25) is 0 Å². The maximum atomic E-state index is 13.3. The van der Waals surface area contributed by atoms with E-state index in [9.17, 15) is 20.1 Å². The number of rotatable bonds is 3. The Hall–Kier alpha value is -2.39. The zero-order chi connectivity index (χ0) is 26.6. The minimum Gasteiger partial charge on any atom is -0.508 e. The van der Waals surface area contributed by atoms with Crippen LogP contribution < -0.4 is 0 Å². The molecule has 202 valence electrons. The Morgan fingerprint density at radius 2 is 1.97 bits per heavy atom. The van der Waals surface area contributed by atoms with Crippen molar-refractivity contribution < 1.29 is 34.3 Å². The molecule has 2 aliphatic heterocycles. The highest BCUT2D eigenvalue weighted by molar-refractivity contribution is 6.07. The summed E-state index contributed by atoms with van der Waals surface area (Å²) in [5.41, 5.74) is 1.33. The molecular weight excluding hydrogens is 484 g/mol. The van der Waals surface area contributed by atoms with E-state index in [0.29, 0.717) is 12.8 Å². The summed E-state index contributed by atoms with van der Waals surface area (Å²) in [7, 11) is 0. The van der Waals surface area contributed by atoms with E-state index in [1.54, 1.807) is 12.1 Å². The molecule has 0 bridgehead atoms. The Kier molecular flexibility index (Phi) is 5.23. The van der Waals surface area contributed by atoms with E-state index in [0.717, 1.165) is 30.7 Å². The van der Waals surface area contributed by atoms with Gasteiger partial charge in [0.25, 0.3) is 0 Å². The number of carbonyl (C=O) groups excluding carboxylic acids is 1. The molecule has 1 saturated heterocycles. The van der Waals surface area contributed by atoms with E-state index in [1.165, 1.54) is 5.57 Å². The molecule has 0 spiro atoms. The number of phenolic OH excluding ortho intramolecular Hbond substituents is 1.